The molecule has 0 unspecified atom stereocenters. The summed E-state index contributed by atoms with van der Waals surface area (Å²) in [5.74, 6) is 0. The fourth-order valence-electron chi connectivity index (χ4n) is 0. The van der Waals surface area contributed by atoms with Crippen LogP contribution in [-0.4, -0.2) is 38.3 Å². The first-order valence-corrected chi connectivity index (χ1v) is 0. The van der Waals surface area contributed by atoms with Gasteiger partial charge in [0.1, 0.15) is 0 Å². The van der Waals surface area contributed by atoms with Crippen LogP contribution in [0.5, 0.6) is 0 Å². The molecule has 0 atom stereocenters. The summed E-state index contributed by atoms with van der Waals surface area (Å²) >= 11 is 0. The maximum Gasteiger partial charge on any atom is 0 e. The summed E-state index contributed by atoms with van der Waals surface area (Å²) in [4.78, 5) is 0. The monoisotopic (exact) mass is 315 g/mol. The molecule has 0 bridgehead atoms. The Balaban J connectivity index is 0. The van der Waals surface area contributed by atoms with Crippen LogP contribution in [0.2, 0.25) is 0 Å². The molecule has 0 fully saturated rings. The van der Waals surface area contributed by atoms with Gasteiger partial charge in [-0.15, -0.1) is 12.4 Å². The fourth-order valence-corrected chi connectivity index (χ4v) is 0. The number of rotatable bonds is 0. The van der Waals surface area contributed by atoms with Crippen molar-refractivity contribution in [2.45, 2.75) is 0 Å². The molecule has 0 aromatic rings. The minimum absolute atomic E-state index is 0. The summed E-state index contributed by atoms with van der Waals surface area (Å²) in [7, 11) is 0. The molecule has 0 aliphatic carbocycles. The van der Waals surface area contributed by atoms with Crippen LogP contribution in [0.1, 0.15) is 0 Å². The van der Waals surface area contributed by atoms with Crippen molar-refractivity contribution in [3.8, 4) is 0 Å². The molecule has 9 heavy (non-hydrogen) atoms. The Morgan fingerprint density at radius 2 is 0.333 bits per heavy atom. The van der Waals surface area contributed by atoms with Gasteiger partial charge < -0.3 is 38.3 Å². The van der Waals surface area contributed by atoms with E-state index in [1.807, 2.05) is 0 Å². The van der Waals surface area contributed by atoms with Gasteiger partial charge >= 0.3 is 0 Å². The van der Waals surface area contributed by atoms with Crippen molar-refractivity contribution in [1.29, 1.82) is 0 Å². The van der Waals surface area contributed by atoms with E-state index in [1.54, 1.807) is 0 Å². The van der Waals surface area contributed by atoms with Gasteiger partial charge in [-0.25, -0.2) is 0 Å². The third kappa shape index (κ3) is 218. The Morgan fingerprint density at radius 3 is 0.333 bits per heavy atom. The topological polar surface area (TPSA) is 220 Å². The first-order chi connectivity index (χ1) is 0. The van der Waals surface area contributed by atoms with E-state index in [2.05, 4.69) is 0 Å². The molecular formula is H15ClEuO7. The molecule has 14 N–H and O–H groups in total. The van der Waals surface area contributed by atoms with Crippen LogP contribution in [0.3, 0.4) is 0 Å². The van der Waals surface area contributed by atoms with E-state index in [9.17, 15) is 0 Å². The van der Waals surface area contributed by atoms with Crippen LogP contribution >= 0.6 is 12.4 Å². The van der Waals surface area contributed by atoms with Crippen LogP contribution in [0.15, 0.2) is 0 Å². The molecule has 0 heterocycles. The Bertz CT molecular complexity index is 8.88. The quantitative estimate of drug-likeness (QED) is 0.408. The van der Waals surface area contributed by atoms with Crippen molar-refractivity contribution in [1.82, 2.24) is 0 Å². The van der Waals surface area contributed by atoms with E-state index in [0.717, 1.165) is 0 Å². The zero-order valence-electron chi connectivity index (χ0n) is 4.29. The summed E-state index contributed by atoms with van der Waals surface area (Å²) in [5, 5.41) is 0. The Labute approximate surface area is 98.9 Å². The molecule has 71 valence electrons. The first kappa shape index (κ1) is 384. The standard InChI is InChI=1S/ClH.Eu.7H2O/h1H;;7*1H2. The van der Waals surface area contributed by atoms with Gasteiger partial charge in [0.15, 0.2) is 0 Å². The molecule has 0 amide bonds. The number of hydrogen-bond acceptors (Lipinski definition) is 0. The predicted octanol–water partition coefficient (Wildman–Crippen LogP) is -5.35. The van der Waals surface area contributed by atoms with Gasteiger partial charge in [0.25, 0.3) is 0 Å². The van der Waals surface area contributed by atoms with Gasteiger partial charge in [-0.2, -0.15) is 0 Å². The summed E-state index contributed by atoms with van der Waals surface area (Å²) in [6.07, 6.45) is 0. The van der Waals surface area contributed by atoms with Gasteiger partial charge in [-0.1, -0.05) is 0 Å². The van der Waals surface area contributed by atoms with Gasteiger partial charge in [-0.3, -0.25) is 0 Å². The van der Waals surface area contributed by atoms with E-state index in [4.69, 9.17) is 0 Å². The van der Waals surface area contributed by atoms with Crippen molar-refractivity contribution in [2.24, 2.45) is 0 Å². The average Bonchev–Trinajstić information content (AvgIpc) is 0. The Morgan fingerprint density at radius 1 is 0.333 bits per heavy atom. The molecule has 7 nitrogen and oxygen atoms in total. The summed E-state index contributed by atoms with van der Waals surface area (Å²) in [5.41, 5.74) is 0. The van der Waals surface area contributed by atoms with Crippen LogP contribution in [-0.2, 0) is 0 Å². The van der Waals surface area contributed by atoms with Crippen molar-refractivity contribution in [3.63, 3.8) is 0 Å². The van der Waals surface area contributed by atoms with E-state index in [-0.39, 0.29) is 100 Å². The van der Waals surface area contributed by atoms with Crippen molar-refractivity contribution in [2.75, 3.05) is 0 Å². The zero-order valence-corrected chi connectivity index (χ0v) is 7.53. The van der Waals surface area contributed by atoms with Crippen LogP contribution in [0.25, 0.3) is 0 Å². The van der Waals surface area contributed by atoms with E-state index in [1.165, 1.54) is 0 Å². The molecule has 0 aliphatic rings. The molecule has 0 saturated carbocycles. The smallest absolute Gasteiger partial charge is 0 e. The predicted molar refractivity (Wildman–Crippen MR) is 32.5 cm³/mol. The normalized spacial score (nSPS) is 0. The molecule has 1 radical (unpaired) electrons. The van der Waals surface area contributed by atoms with Crippen molar-refractivity contribution < 1.29 is 87.7 Å². The van der Waals surface area contributed by atoms with Gasteiger partial charge in [-0.05, 0) is 0 Å². The minimum Gasteiger partial charge on any atom is -0.412 e. The zero-order chi connectivity index (χ0) is 0. The van der Waals surface area contributed by atoms with Crippen molar-refractivity contribution >= 4 is 12.4 Å². The Hall–Kier alpha value is 1.59. The maximum atomic E-state index is 0. The summed E-state index contributed by atoms with van der Waals surface area (Å²) in [6, 6.07) is 0. The molecule has 0 saturated heterocycles. The molecule has 0 aliphatic heterocycles. The third-order valence-electron chi connectivity index (χ3n) is 0. The van der Waals surface area contributed by atoms with Crippen molar-refractivity contribution in [3.05, 3.63) is 0 Å². The molecule has 0 aromatic carbocycles. The van der Waals surface area contributed by atoms with Crippen LogP contribution < -0.4 is 0 Å². The second-order valence-electron chi connectivity index (χ2n) is 0. The largest absolute Gasteiger partial charge is 0.412 e. The molecular weight excluding hydrogens is 299 g/mol. The second kappa shape index (κ2) is 279. The number of hydrogen-bond donors (Lipinski definition) is 0. The molecule has 0 aromatic heterocycles. The SMILES string of the molecule is Cl.O.O.O.O.O.O.O.[Eu]. The van der Waals surface area contributed by atoms with E-state index >= 15 is 0 Å². The van der Waals surface area contributed by atoms with Crippen LogP contribution in [0.4, 0.5) is 0 Å². The first-order valence-electron chi connectivity index (χ1n) is 0. The van der Waals surface area contributed by atoms with Gasteiger partial charge in [0.2, 0.25) is 0 Å². The van der Waals surface area contributed by atoms with Crippen LogP contribution in [0, 0.1) is 49.4 Å². The third-order valence-corrected chi connectivity index (χ3v) is 0. The minimum atomic E-state index is 0. The van der Waals surface area contributed by atoms with Gasteiger partial charge in [0, 0.05) is 49.4 Å². The summed E-state index contributed by atoms with van der Waals surface area (Å²) < 4.78 is 0. The average molecular weight is 315 g/mol. The fraction of sp³-hybridized carbons (Fsp3) is 0. The summed E-state index contributed by atoms with van der Waals surface area (Å²) in [6.45, 7) is 0. The van der Waals surface area contributed by atoms with Gasteiger partial charge in [0.05, 0.1) is 0 Å². The second-order valence-corrected chi connectivity index (χ2v) is 0. The molecule has 9 heteroatoms. The molecule has 0 rings (SSSR count). The molecule has 0 spiro atoms. The van der Waals surface area contributed by atoms with E-state index in [0.29, 0.717) is 0 Å². The number of halogens is 1. The maximum absolute atomic E-state index is 0. The Kier molecular flexibility index (Phi) is 11900. The van der Waals surface area contributed by atoms with E-state index < -0.39 is 0 Å².